The number of carbonyl (C=O) groups is 1. The molecule has 0 radical (unpaired) electrons. The van der Waals surface area contributed by atoms with E-state index >= 15 is 0 Å². The zero-order chi connectivity index (χ0) is 10.7. The molecule has 1 aromatic carbocycles. The van der Waals surface area contributed by atoms with Crippen LogP contribution in [0.25, 0.3) is 0 Å². The topological polar surface area (TPSA) is 32.3 Å². The van der Waals surface area contributed by atoms with E-state index in [4.69, 9.17) is 0 Å². The summed E-state index contributed by atoms with van der Waals surface area (Å²) in [5, 5.41) is 1.63. The highest BCUT2D eigenvalue weighted by atomic mass is 19.1. The molecular formula is C11H13FN2O. The smallest absolute Gasteiger partial charge is 0.238 e. The predicted octanol–water partition coefficient (Wildman–Crippen LogP) is 1.11. The quantitative estimate of drug-likeness (QED) is 0.807. The van der Waals surface area contributed by atoms with Crippen LogP contribution in [0.4, 0.5) is 4.39 Å². The Hall–Kier alpha value is -1.42. The van der Waals surface area contributed by atoms with Crippen LogP contribution in [0.3, 0.4) is 0 Å². The van der Waals surface area contributed by atoms with Crippen molar-refractivity contribution in [3.05, 3.63) is 35.6 Å². The van der Waals surface area contributed by atoms with Gasteiger partial charge in [0.05, 0.1) is 0 Å². The van der Waals surface area contributed by atoms with E-state index in [1.807, 2.05) is 0 Å². The Morgan fingerprint density at radius 2 is 2.07 bits per heavy atom. The zero-order valence-electron chi connectivity index (χ0n) is 8.37. The number of halogens is 1. The fourth-order valence-corrected chi connectivity index (χ4v) is 1.62. The second-order valence-corrected chi connectivity index (χ2v) is 3.58. The summed E-state index contributed by atoms with van der Waals surface area (Å²) >= 11 is 0. The van der Waals surface area contributed by atoms with Crippen molar-refractivity contribution in [1.82, 2.24) is 10.4 Å². The Morgan fingerprint density at radius 3 is 2.67 bits per heavy atom. The van der Waals surface area contributed by atoms with Crippen LogP contribution in [0.15, 0.2) is 24.3 Å². The number of hydrazine groups is 1. The molecule has 1 aromatic rings. The molecule has 2 rings (SSSR count). The van der Waals surface area contributed by atoms with Gasteiger partial charge in [-0.1, -0.05) is 12.1 Å². The van der Waals surface area contributed by atoms with Crippen LogP contribution >= 0.6 is 0 Å². The third-order valence-electron chi connectivity index (χ3n) is 2.48. The summed E-state index contributed by atoms with van der Waals surface area (Å²) in [7, 11) is 0. The Bertz CT molecular complexity index is 350. The molecule has 0 saturated carbocycles. The van der Waals surface area contributed by atoms with E-state index in [1.165, 1.54) is 12.1 Å². The molecule has 0 aromatic heterocycles. The molecular weight excluding hydrogens is 195 g/mol. The van der Waals surface area contributed by atoms with Gasteiger partial charge in [-0.25, -0.2) is 9.82 Å². The Labute approximate surface area is 87.9 Å². The first-order chi connectivity index (χ1) is 7.25. The van der Waals surface area contributed by atoms with Crippen LogP contribution in [0.2, 0.25) is 0 Å². The lowest BCUT2D eigenvalue weighted by molar-refractivity contribution is -0.129. The normalized spacial score (nSPS) is 16.1. The molecule has 1 saturated heterocycles. The Morgan fingerprint density at radius 1 is 1.33 bits per heavy atom. The first kappa shape index (κ1) is 10.1. The average molecular weight is 208 g/mol. The van der Waals surface area contributed by atoms with Gasteiger partial charge in [-0.2, -0.15) is 0 Å². The summed E-state index contributed by atoms with van der Waals surface area (Å²) in [5.41, 5.74) is 4.04. The third-order valence-corrected chi connectivity index (χ3v) is 2.48. The summed E-state index contributed by atoms with van der Waals surface area (Å²) in [6.07, 6.45) is 1.32. The van der Waals surface area contributed by atoms with E-state index in [0.717, 1.165) is 18.5 Å². The average Bonchev–Trinajstić information content (AvgIpc) is 2.63. The van der Waals surface area contributed by atoms with Gasteiger partial charge in [0.15, 0.2) is 0 Å². The molecule has 0 bridgehead atoms. The molecule has 0 unspecified atom stereocenters. The van der Waals surface area contributed by atoms with E-state index in [1.54, 1.807) is 17.1 Å². The van der Waals surface area contributed by atoms with Gasteiger partial charge < -0.3 is 0 Å². The maximum absolute atomic E-state index is 12.6. The molecule has 4 heteroatoms. The maximum atomic E-state index is 12.6. The maximum Gasteiger partial charge on any atom is 0.238 e. The van der Waals surface area contributed by atoms with Gasteiger partial charge in [0, 0.05) is 19.5 Å². The van der Waals surface area contributed by atoms with Gasteiger partial charge >= 0.3 is 0 Å². The molecule has 0 spiro atoms. The van der Waals surface area contributed by atoms with Gasteiger partial charge in [-0.3, -0.25) is 9.80 Å². The minimum Gasteiger partial charge on any atom is -0.278 e. The zero-order valence-corrected chi connectivity index (χ0v) is 8.37. The number of hydrogen-bond donors (Lipinski definition) is 1. The van der Waals surface area contributed by atoms with Crippen molar-refractivity contribution in [2.24, 2.45) is 0 Å². The number of hydrogen-bond acceptors (Lipinski definition) is 2. The molecule has 1 fully saturated rings. The molecule has 1 heterocycles. The molecule has 1 amide bonds. The molecule has 0 aliphatic carbocycles. The van der Waals surface area contributed by atoms with Crippen molar-refractivity contribution < 1.29 is 9.18 Å². The summed E-state index contributed by atoms with van der Waals surface area (Å²) < 4.78 is 12.6. The first-order valence-corrected chi connectivity index (χ1v) is 5.04. The van der Waals surface area contributed by atoms with Crippen molar-refractivity contribution in [3.63, 3.8) is 0 Å². The van der Waals surface area contributed by atoms with Crippen molar-refractivity contribution in [2.45, 2.75) is 12.8 Å². The minimum atomic E-state index is -0.228. The molecule has 80 valence electrons. The molecule has 1 aliphatic heterocycles. The van der Waals surface area contributed by atoms with Gasteiger partial charge in [0.2, 0.25) is 5.91 Å². The van der Waals surface area contributed by atoms with Crippen molar-refractivity contribution in [1.29, 1.82) is 0 Å². The SMILES string of the molecule is O=C1CCNN1CCc1ccc(F)cc1. The number of nitrogens with one attached hydrogen (secondary N) is 1. The second-order valence-electron chi connectivity index (χ2n) is 3.58. The predicted molar refractivity (Wildman–Crippen MR) is 54.4 cm³/mol. The van der Waals surface area contributed by atoms with Crippen LogP contribution in [0, 0.1) is 5.82 Å². The standard InChI is InChI=1S/C11H13FN2O/c12-10-3-1-9(2-4-10)6-8-14-11(15)5-7-13-14/h1-4,13H,5-8H2. The number of carbonyl (C=O) groups excluding carboxylic acids is 1. The van der Waals surface area contributed by atoms with E-state index in [2.05, 4.69) is 5.43 Å². The monoisotopic (exact) mass is 208 g/mol. The lowest BCUT2D eigenvalue weighted by Crippen LogP contribution is -2.35. The molecule has 3 nitrogen and oxygen atoms in total. The highest BCUT2D eigenvalue weighted by Gasteiger charge is 2.18. The van der Waals surface area contributed by atoms with Gasteiger partial charge in [-0.05, 0) is 24.1 Å². The van der Waals surface area contributed by atoms with Crippen LogP contribution in [0.5, 0.6) is 0 Å². The number of rotatable bonds is 3. The van der Waals surface area contributed by atoms with Crippen molar-refractivity contribution in [3.8, 4) is 0 Å². The number of benzene rings is 1. The van der Waals surface area contributed by atoms with Gasteiger partial charge in [0.25, 0.3) is 0 Å². The van der Waals surface area contributed by atoms with Gasteiger partial charge in [0.1, 0.15) is 5.82 Å². The van der Waals surface area contributed by atoms with E-state index in [0.29, 0.717) is 13.0 Å². The lowest BCUT2D eigenvalue weighted by Gasteiger charge is -2.15. The van der Waals surface area contributed by atoms with Crippen LogP contribution in [0.1, 0.15) is 12.0 Å². The molecule has 1 aliphatic rings. The molecule has 15 heavy (non-hydrogen) atoms. The van der Waals surface area contributed by atoms with Crippen molar-refractivity contribution >= 4 is 5.91 Å². The summed E-state index contributed by atoms with van der Waals surface area (Å²) in [6, 6.07) is 6.37. The minimum absolute atomic E-state index is 0.136. The number of nitrogens with zero attached hydrogens (tertiary/aromatic N) is 1. The lowest BCUT2D eigenvalue weighted by atomic mass is 10.1. The summed E-state index contributed by atoms with van der Waals surface area (Å²) in [6.45, 7) is 1.37. The highest BCUT2D eigenvalue weighted by Crippen LogP contribution is 2.06. The fraction of sp³-hybridized carbons (Fsp3) is 0.364. The van der Waals surface area contributed by atoms with Crippen LogP contribution < -0.4 is 5.43 Å². The van der Waals surface area contributed by atoms with Crippen LogP contribution in [-0.4, -0.2) is 24.0 Å². The summed E-state index contributed by atoms with van der Waals surface area (Å²) in [5.74, 6) is -0.0914. The fourth-order valence-electron chi connectivity index (χ4n) is 1.62. The number of amides is 1. The van der Waals surface area contributed by atoms with E-state index in [-0.39, 0.29) is 11.7 Å². The van der Waals surface area contributed by atoms with E-state index in [9.17, 15) is 9.18 Å². The molecule has 1 N–H and O–H groups in total. The third kappa shape index (κ3) is 2.53. The Kier molecular flexibility index (Phi) is 2.97. The van der Waals surface area contributed by atoms with E-state index < -0.39 is 0 Å². The molecule has 0 atom stereocenters. The first-order valence-electron chi connectivity index (χ1n) is 5.04. The second kappa shape index (κ2) is 4.40. The van der Waals surface area contributed by atoms with Crippen molar-refractivity contribution in [2.75, 3.05) is 13.1 Å². The van der Waals surface area contributed by atoms with Gasteiger partial charge in [-0.15, -0.1) is 0 Å². The summed E-state index contributed by atoms with van der Waals surface area (Å²) in [4.78, 5) is 11.3. The highest BCUT2D eigenvalue weighted by molar-refractivity contribution is 5.77. The largest absolute Gasteiger partial charge is 0.278 e. The van der Waals surface area contributed by atoms with Crippen LogP contribution in [-0.2, 0) is 11.2 Å². The Balaban J connectivity index is 1.87.